The van der Waals surface area contributed by atoms with Crippen molar-refractivity contribution in [1.82, 2.24) is 4.90 Å². The number of likely N-dealkylation sites (tertiary alicyclic amines) is 1. The molecular formula is C20H23NO4S. The van der Waals surface area contributed by atoms with E-state index in [0.29, 0.717) is 31.0 Å². The van der Waals surface area contributed by atoms with Crippen molar-refractivity contribution in [2.24, 2.45) is 0 Å². The average molecular weight is 373 g/mol. The van der Waals surface area contributed by atoms with Crippen LogP contribution in [0.15, 0.2) is 56.6 Å². The second-order valence-electron chi connectivity index (χ2n) is 6.33. The summed E-state index contributed by atoms with van der Waals surface area (Å²) < 4.78 is 10.8. The van der Waals surface area contributed by atoms with Crippen LogP contribution in [0.25, 0.3) is 0 Å². The molecule has 2 aromatic rings. The van der Waals surface area contributed by atoms with Crippen molar-refractivity contribution in [3.05, 3.63) is 58.6 Å². The van der Waals surface area contributed by atoms with Gasteiger partial charge in [-0.2, -0.15) is 0 Å². The Morgan fingerprint density at radius 3 is 2.65 bits per heavy atom. The van der Waals surface area contributed by atoms with Gasteiger partial charge in [0.25, 0.3) is 0 Å². The van der Waals surface area contributed by atoms with Gasteiger partial charge in [0, 0.05) is 49.1 Å². The number of rotatable bonds is 6. The summed E-state index contributed by atoms with van der Waals surface area (Å²) in [5.74, 6) is 2.07. The summed E-state index contributed by atoms with van der Waals surface area (Å²) in [6.07, 6.45) is 2.12. The number of amides is 1. The summed E-state index contributed by atoms with van der Waals surface area (Å²) in [4.78, 5) is 26.9. The third-order valence-corrected chi connectivity index (χ3v) is 5.31. The summed E-state index contributed by atoms with van der Waals surface area (Å²) in [5.41, 5.74) is -0.400. The molecule has 0 N–H and O–H groups in total. The smallest absolute Gasteiger partial charge is 0.339 e. The zero-order valence-corrected chi connectivity index (χ0v) is 15.7. The van der Waals surface area contributed by atoms with Gasteiger partial charge in [-0.15, -0.1) is 11.8 Å². The van der Waals surface area contributed by atoms with Gasteiger partial charge in [-0.1, -0.05) is 18.2 Å². The molecule has 0 radical (unpaired) electrons. The minimum atomic E-state index is -0.400. The van der Waals surface area contributed by atoms with E-state index in [1.165, 1.54) is 11.0 Å². The molecule has 2 heterocycles. The predicted molar refractivity (Wildman–Crippen MR) is 102 cm³/mol. The molecule has 0 atom stereocenters. The van der Waals surface area contributed by atoms with E-state index in [-0.39, 0.29) is 12.0 Å². The fourth-order valence-corrected chi connectivity index (χ4v) is 3.85. The van der Waals surface area contributed by atoms with E-state index in [4.69, 9.17) is 9.15 Å². The normalized spacial score (nSPS) is 15.0. The third-order valence-electron chi connectivity index (χ3n) is 4.29. The Balaban J connectivity index is 1.41. The van der Waals surface area contributed by atoms with E-state index in [0.717, 1.165) is 18.6 Å². The lowest BCUT2D eigenvalue weighted by Gasteiger charge is -2.32. The van der Waals surface area contributed by atoms with Crippen molar-refractivity contribution < 1.29 is 13.9 Å². The fraction of sp³-hybridized carbons (Fsp3) is 0.400. The molecule has 6 heteroatoms. The Morgan fingerprint density at radius 2 is 1.96 bits per heavy atom. The molecule has 0 unspecified atom stereocenters. The van der Waals surface area contributed by atoms with Crippen molar-refractivity contribution in [2.75, 3.05) is 18.8 Å². The first-order chi connectivity index (χ1) is 12.6. The number of thioether (sulfide) groups is 1. The molecule has 1 amide bonds. The zero-order chi connectivity index (χ0) is 18.4. The number of aryl methyl sites for hydroxylation is 1. The Hall–Kier alpha value is -2.21. The summed E-state index contributed by atoms with van der Waals surface area (Å²) in [6, 6.07) is 13.2. The van der Waals surface area contributed by atoms with Crippen LogP contribution < -0.4 is 10.4 Å². The molecular weight excluding hydrogens is 350 g/mol. The Bertz CT molecular complexity index is 782. The van der Waals surface area contributed by atoms with Crippen molar-refractivity contribution in [3.63, 3.8) is 0 Å². The number of carbonyl (C=O) groups is 1. The fourth-order valence-electron chi connectivity index (χ4n) is 2.99. The van der Waals surface area contributed by atoms with Crippen LogP contribution in [0.5, 0.6) is 5.75 Å². The molecule has 0 saturated carbocycles. The van der Waals surface area contributed by atoms with E-state index in [2.05, 4.69) is 12.1 Å². The highest BCUT2D eigenvalue weighted by atomic mass is 32.2. The molecule has 3 rings (SSSR count). The predicted octanol–water partition coefficient (Wildman–Crippen LogP) is 3.50. The number of hydrogen-bond acceptors (Lipinski definition) is 5. The molecule has 0 bridgehead atoms. The second kappa shape index (κ2) is 8.94. The zero-order valence-electron chi connectivity index (χ0n) is 14.8. The SMILES string of the molecule is Cc1cc(OC2CCN(C(=O)CCSc3ccccc3)CC2)cc(=O)o1. The van der Waals surface area contributed by atoms with Crippen molar-refractivity contribution in [3.8, 4) is 5.75 Å². The van der Waals surface area contributed by atoms with Crippen LogP contribution in [-0.2, 0) is 4.79 Å². The maximum absolute atomic E-state index is 12.4. The van der Waals surface area contributed by atoms with Gasteiger partial charge in [-0.05, 0) is 19.1 Å². The van der Waals surface area contributed by atoms with Gasteiger partial charge in [0.2, 0.25) is 5.91 Å². The molecule has 26 heavy (non-hydrogen) atoms. The number of benzene rings is 1. The summed E-state index contributed by atoms with van der Waals surface area (Å²) >= 11 is 1.71. The first-order valence-corrected chi connectivity index (χ1v) is 9.83. The first-order valence-electron chi connectivity index (χ1n) is 8.84. The molecule has 0 aliphatic carbocycles. The topological polar surface area (TPSA) is 59.8 Å². The molecule has 1 aliphatic rings. The van der Waals surface area contributed by atoms with Gasteiger partial charge >= 0.3 is 5.63 Å². The van der Waals surface area contributed by atoms with Crippen LogP contribution in [0.3, 0.4) is 0 Å². The van der Waals surface area contributed by atoms with Gasteiger partial charge in [0.05, 0.1) is 6.07 Å². The van der Waals surface area contributed by atoms with E-state index < -0.39 is 5.63 Å². The highest BCUT2D eigenvalue weighted by Gasteiger charge is 2.23. The monoisotopic (exact) mass is 373 g/mol. The summed E-state index contributed by atoms with van der Waals surface area (Å²) in [6.45, 7) is 3.11. The third kappa shape index (κ3) is 5.39. The molecule has 1 aromatic carbocycles. The quantitative estimate of drug-likeness (QED) is 0.726. The first kappa shape index (κ1) is 18.6. The van der Waals surface area contributed by atoms with Crippen LogP contribution in [-0.4, -0.2) is 35.8 Å². The Morgan fingerprint density at radius 1 is 1.23 bits per heavy atom. The van der Waals surface area contributed by atoms with Gasteiger partial charge in [0.15, 0.2) is 0 Å². The number of ether oxygens (including phenoxy) is 1. The maximum Gasteiger partial charge on any atom is 0.339 e. The largest absolute Gasteiger partial charge is 0.490 e. The van der Waals surface area contributed by atoms with Crippen LogP contribution in [0.2, 0.25) is 0 Å². The van der Waals surface area contributed by atoms with E-state index in [1.807, 2.05) is 23.1 Å². The summed E-state index contributed by atoms with van der Waals surface area (Å²) in [7, 11) is 0. The van der Waals surface area contributed by atoms with Gasteiger partial charge in [-0.3, -0.25) is 4.79 Å². The van der Waals surface area contributed by atoms with Gasteiger partial charge in [-0.25, -0.2) is 4.79 Å². The highest BCUT2D eigenvalue weighted by Crippen LogP contribution is 2.21. The van der Waals surface area contributed by atoms with Crippen LogP contribution in [0.1, 0.15) is 25.0 Å². The number of carbonyl (C=O) groups excluding carboxylic acids is 1. The average Bonchev–Trinajstić information content (AvgIpc) is 2.62. The standard InChI is InChI=1S/C20H23NO4S/c1-15-13-17(14-20(23)24-15)25-16-7-10-21(11-8-16)19(22)9-12-26-18-5-3-2-4-6-18/h2-6,13-14,16H,7-12H2,1H3. The molecule has 1 aliphatic heterocycles. The molecule has 1 fully saturated rings. The molecule has 0 spiro atoms. The number of piperidine rings is 1. The Kier molecular flexibility index (Phi) is 6.39. The van der Waals surface area contributed by atoms with E-state index in [9.17, 15) is 9.59 Å². The van der Waals surface area contributed by atoms with Crippen LogP contribution in [0, 0.1) is 6.92 Å². The molecule has 1 aromatic heterocycles. The second-order valence-corrected chi connectivity index (χ2v) is 7.50. The minimum Gasteiger partial charge on any atom is -0.490 e. The van der Waals surface area contributed by atoms with Crippen molar-refractivity contribution in [1.29, 1.82) is 0 Å². The molecule has 138 valence electrons. The summed E-state index contributed by atoms with van der Waals surface area (Å²) in [5, 5.41) is 0. The van der Waals surface area contributed by atoms with Gasteiger partial charge in [0.1, 0.15) is 17.6 Å². The van der Waals surface area contributed by atoms with E-state index >= 15 is 0 Å². The number of hydrogen-bond donors (Lipinski definition) is 0. The minimum absolute atomic E-state index is 0.0268. The molecule has 5 nitrogen and oxygen atoms in total. The lowest BCUT2D eigenvalue weighted by molar-refractivity contribution is -0.132. The maximum atomic E-state index is 12.4. The number of nitrogens with zero attached hydrogens (tertiary/aromatic N) is 1. The van der Waals surface area contributed by atoms with Crippen LogP contribution in [0.4, 0.5) is 0 Å². The molecule has 1 saturated heterocycles. The highest BCUT2D eigenvalue weighted by molar-refractivity contribution is 7.99. The van der Waals surface area contributed by atoms with Crippen molar-refractivity contribution >= 4 is 17.7 Å². The van der Waals surface area contributed by atoms with Gasteiger partial charge < -0.3 is 14.1 Å². The lowest BCUT2D eigenvalue weighted by Crippen LogP contribution is -2.41. The lowest BCUT2D eigenvalue weighted by atomic mass is 10.1. The van der Waals surface area contributed by atoms with Crippen LogP contribution >= 0.6 is 11.8 Å². The van der Waals surface area contributed by atoms with E-state index in [1.54, 1.807) is 24.8 Å². The Labute approximate surface area is 157 Å². The van der Waals surface area contributed by atoms with Crippen molar-refractivity contribution in [2.45, 2.75) is 37.2 Å².